The van der Waals surface area contributed by atoms with E-state index in [0.717, 1.165) is 28.4 Å². The number of methoxy groups -OCH3 is 3. The van der Waals surface area contributed by atoms with Gasteiger partial charge in [0.25, 0.3) is 0 Å². The third kappa shape index (κ3) is 4.17. The summed E-state index contributed by atoms with van der Waals surface area (Å²) in [6.07, 6.45) is 0. The van der Waals surface area contributed by atoms with Crippen molar-refractivity contribution in [3.8, 4) is 17.2 Å². The first-order valence-corrected chi connectivity index (χ1v) is 8.85. The minimum atomic E-state index is -0.781. The van der Waals surface area contributed by atoms with E-state index in [4.69, 9.17) is 14.2 Å². The number of para-hydroxylation sites is 1. The first-order chi connectivity index (χ1) is 13.0. The van der Waals surface area contributed by atoms with E-state index in [1.807, 2.05) is 42.5 Å². The number of aliphatic carboxylic acids is 1. The molecule has 2 aromatic carbocycles. The van der Waals surface area contributed by atoms with Crippen molar-refractivity contribution in [3.05, 3.63) is 53.6 Å². The predicted octanol–water partition coefficient (Wildman–Crippen LogP) is 3.01. The molecular weight excluding hydrogens is 346 g/mol. The number of rotatable bonds is 7. The van der Waals surface area contributed by atoms with Crippen LogP contribution in [0.2, 0.25) is 0 Å². The molecule has 1 heterocycles. The number of carbonyl (C=O) groups is 1. The van der Waals surface area contributed by atoms with Crippen LogP contribution >= 0.6 is 0 Å². The van der Waals surface area contributed by atoms with Gasteiger partial charge in [0.15, 0.2) is 0 Å². The smallest absolute Gasteiger partial charge is 0.308 e. The summed E-state index contributed by atoms with van der Waals surface area (Å²) in [5.74, 6) is 0.800. The summed E-state index contributed by atoms with van der Waals surface area (Å²) in [5, 5.41) is 9.75. The molecule has 6 heteroatoms. The monoisotopic (exact) mass is 371 g/mol. The highest BCUT2D eigenvalue weighted by atomic mass is 16.5. The summed E-state index contributed by atoms with van der Waals surface area (Å²) in [5.41, 5.74) is 1.97. The van der Waals surface area contributed by atoms with Crippen LogP contribution in [0, 0.1) is 5.92 Å². The molecule has 0 radical (unpaired) electrons. The van der Waals surface area contributed by atoms with E-state index in [1.165, 1.54) is 0 Å². The van der Waals surface area contributed by atoms with Gasteiger partial charge in [0.2, 0.25) is 0 Å². The van der Waals surface area contributed by atoms with Crippen molar-refractivity contribution in [3.63, 3.8) is 0 Å². The minimum absolute atomic E-state index is 0.119. The van der Waals surface area contributed by atoms with Gasteiger partial charge >= 0.3 is 5.97 Å². The molecule has 0 aliphatic carbocycles. The van der Waals surface area contributed by atoms with Gasteiger partial charge in [-0.15, -0.1) is 0 Å². The Morgan fingerprint density at radius 3 is 2.30 bits per heavy atom. The zero-order valence-corrected chi connectivity index (χ0v) is 15.8. The van der Waals surface area contributed by atoms with Crippen LogP contribution in [0.1, 0.15) is 17.0 Å². The molecule has 1 saturated heterocycles. The lowest BCUT2D eigenvalue weighted by Crippen LogP contribution is -2.23. The summed E-state index contributed by atoms with van der Waals surface area (Å²) >= 11 is 0. The third-order valence-electron chi connectivity index (χ3n) is 5.07. The molecule has 0 saturated carbocycles. The average Bonchev–Trinajstić information content (AvgIpc) is 3.11. The number of hydrogen-bond donors (Lipinski definition) is 1. The summed E-state index contributed by atoms with van der Waals surface area (Å²) in [6, 6.07) is 13.4. The quantitative estimate of drug-likeness (QED) is 0.807. The Morgan fingerprint density at radius 1 is 1.04 bits per heavy atom. The van der Waals surface area contributed by atoms with Crippen molar-refractivity contribution >= 4 is 5.97 Å². The zero-order chi connectivity index (χ0) is 19.4. The maximum Gasteiger partial charge on any atom is 0.308 e. The minimum Gasteiger partial charge on any atom is -0.497 e. The Morgan fingerprint density at radius 2 is 1.70 bits per heavy atom. The molecule has 144 valence electrons. The summed E-state index contributed by atoms with van der Waals surface area (Å²) in [6.45, 7) is 1.76. The van der Waals surface area contributed by atoms with Crippen LogP contribution in [0.15, 0.2) is 42.5 Å². The number of carboxylic acids is 1. The van der Waals surface area contributed by atoms with Crippen molar-refractivity contribution in [1.82, 2.24) is 4.90 Å². The van der Waals surface area contributed by atoms with Crippen molar-refractivity contribution in [2.24, 2.45) is 5.92 Å². The van der Waals surface area contributed by atoms with Gasteiger partial charge in [-0.05, 0) is 29.3 Å². The molecule has 3 rings (SSSR count). The maximum atomic E-state index is 11.9. The molecular formula is C21H25NO5. The van der Waals surface area contributed by atoms with Crippen LogP contribution in [0.3, 0.4) is 0 Å². The number of nitrogens with zero attached hydrogens (tertiary/aromatic N) is 1. The Kier molecular flexibility index (Phi) is 5.86. The average molecular weight is 371 g/mol. The van der Waals surface area contributed by atoms with E-state index < -0.39 is 11.9 Å². The highest BCUT2D eigenvalue weighted by Crippen LogP contribution is 2.38. The fraction of sp³-hybridized carbons (Fsp3) is 0.381. The topological polar surface area (TPSA) is 68.2 Å². The van der Waals surface area contributed by atoms with Gasteiger partial charge in [0.1, 0.15) is 17.2 Å². The van der Waals surface area contributed by atoms with Crippen LogP contribution in [-0.2, 0) is 11.3 Å². The van der Waals surface area contributed by atoms with Crippen LogP contribution in [-0.4, -0.2) is 50.4 Å². The van der Waals surface area contributed by atoms with Crippen molar-refractivity contribution in [1.29, 1.82) is 0 Å². The number of likely N-dealkylation sites (tertiary alicyclic amines) is 1. The molecule has 1 aliphatic rings. The molecule has 0 unspecified atom stereocenters. The van der Waals surface area contributed by atoms with Crippen LogP contribution in [0.4, 0.5) is 0 Å². The lowest BCUT2D eigenvalue weighted by atomic mass is 9.88. The second kappa shape index (κ2) is 8.31. The summed E-state index contributed by atoms with van der Waals surface area (Å²) < 4.78 is 16.1. The zero-order valence-electron chi connectivity index (χ0n) is 15.8. The Bertz CT molecular complexity index is 785. The van der Waals surface area contributed by atoms with E-state index >= 15 is 0 Å². The molecule has 0 amide bonds. The van der Waals surface area contributed by atoms with E-state index in [9.17, 15) is 9.90 Å². The number of hydrogen-bond acceptors (Lipinski definition) is 5. The van der Waals surface area contributed by atoms with Crippen molar-refractivity contribution in [2.45, 2.75) is 12.5 Å². The second-order valence-corrected chi connectivity index (χ2v) is 6.71. The highest BCUT2D eigenvalue weighted by molar-refractivity contribution is 5.72. The second-order valence-electron chi connectivity index (χ2n) is 6.71. The molecule has 1 fully saturated rings. The molecule has 6 nitrogen and oxygen atoms in total. The number of ether oxygens (including phenoxy) is 3. The van der Waals surface area contributed by atoms with Gasteiger partial charge in [0, 0.05) is 31.6 Å². The van der Waals surface area contributed by atoms with Crippen LogP contribution < -0.4 is 14.2 Å². The molecule has 1 aliphatic heterocycles. The van der Waals surface area contributed by atoms with Crippen LogP contribution in [0.25, 0.3) is 0 Å². The first-order valence-electron chi connectivity index (χ1n) is 8.85. The van der Waals surface area contributed by atoms with E-state index in [-0.39, 0.29) is 5.92 Å². The molecule has 27 heavy (non-hydrogen) atoms. The van der Waals surface area contributed by atoms with E-state index in [2.05, 4.69) is 4.90 Å². The van der Waals surface area contributed by atoms with Crippen molar-refractivity contribution < 1.29 is 24.1 Å². The fourth-order valence-corrected chi connectivity index (χ4v) is 3.77. The standard InChI is InChI=1S/C21H25NO5/c1-25-15-8-14(9-16(10-15)26-2)11-22-12-18(19(13-22)21(23)24)17-6-4-5-7-20(17)27-3/h4-10,18-19H,11-13H2,1-3H3,(H,23,24)/t18-,19+/m0/s1. The van der Waals surface area contributed by atoms with Gasteiger partial charge in [-0.25, -0.2) is 0 Å². The number of benzene rings is 2. The van der Waals surface area contributed by atoms with Gasteiger partial charge in [-0.3, -0.25) is 9.69 Å². The van der Waals surface area contributed by atoms with Gasteiger partial charge in [-0.2, -0.15) is 0 Å². The fourth-order valence-electron chi connectivity index (χ4n) is 3.77. The van der Waals surface area contributed by atoms with E-state index in [1.54, 1.807) is 21.3 Å². The van der Waals surface area contributed by atoms with Gasteiger partial charge in [0.05, 0.1) is 27.2 Å². The first kappa shape index (κ1) is 19.0. The lowest BCUT2D eigenvalue weighted by Gasteiger charge is -2.19. The Balaban J connectivity index is 1.84. The SMILES string of the molecule is COc1cc(CN2C[C@@H](C(=O)O)[C@H](c3ccccc3OC)C2)cc(OC)c1. The molecule has 2 atom stereocenters. The van der Waals surface area contributed by atoms with E-state index in [0.29, 0.717) is 19.6 Å². The third-order valence-corrected chi connectivity index (χ3v) is 5.07. The van der Waals surface area contributed by atoms with Gasteiger partial charge in [-0.1, -0.05) is 18.2 Å². The molecule has 0 bridgehead atoms. The maximum absolute atomic E-state index is 11.9. The van der Waals surface area contributed by atoms with Crippen molar-refractivity contribution in [2.75, 3.05) is 34.4 Å². The Hall–Kier alpha value is -2.73. The molecule has 2 aromatic rings. The van der Waals surface area contributed by atoms with Crippen LogP contribution in [0.5, 0.6) is 17.2 Å². The summed E-state index contributed by atoms with van der Waals surface area (Å²) in [7, 11) is 4.85. The lowest BCUT2D eigenvalue weighted by molar-refractivity contribution is -0.141. The predicted molar refractivity (Wildman–Crippen MR) is 102 cm³/mol. The molecule has 0 spiro atoms. The van der Waals surface area contributed by atoms with Gasteiger partial charge < -0.3 is 19.3 Å². The highest BCUT2D eigenvalue weighted by Gasteiger charge is 2.39. The number of carboxylic acid groups (broad SMARTS) is 1. The Labute approximate surface area is 159 Å². The largest absolute Gasteiger partial charge is 0.497 e. The molecule has 1 N–H and O–H groups in total. The summed E-state index contributed by atoms with van der Waals surface area (Å²) in [4.78, 5) is 14.0. The normalized spacial score (nSPS) is 19.7. The molecule has 0 aromatic heterocycles.